The monoisotopic (exact) mass is 411 g/mol. The van der Waals surface area contributed by atoms with Crippen LogP contribution in [-0.4, -0.2) is 29.9 Å². The number of piperidine rings is 1. The van der Waals surface area contributed by atoms with E-state index in [2.05, 4.69) is 0 Å². The molecular formula is C23H19ClFNO3. The Hall–Kier alpha value is -2.92. The molecule has 1 heterocycles. The second-order valence-electron chi connectivity index (χ2n) is 7.09. The Bertz CT molecular complexity index is 1060. The number of esters is 1. The first-order valence-corrected chi connectivity index (χ1v) is 9.84. The molecule has 1 amide bonds. The van der Waals surface area contributed by atoms with Gasteiger partial charge in [-0.2, -0.15) is 0 Å². The molecule has 0 aromatic heterocycles. The lowest BCUT2D eigenvalue weighted by molar-refractivity contribution is -0.140. The van der Waals surface area contributed by atoms with Gasteiger partial charge in [0, 0.05) is 34.4 Å². The number of carbonyl (C=O) groups is 2. The van der Waals surface area contributed by atoms with Crippen LogP contribution in [0.3, 0.4) is 0 Å². The van der Waals surface area contributed by atoms with Crippen LogP contribution >= 0.6 is 11.6 Å². The van der Waals surface area contributed by atoms with Gasteiger partial charge in [0.05, 0.1) is 5.92 Å². The number of ether oxygens (including phenoxy) is 1. The zero-order valence-electron chi connectivity index (χ0n) is 15.6. The fraction of sp³-hybridized carbons (Fsp3) is 0.217. The molecule has 6 heteroatoms. The largest absolute Gasteiger partial charge is 0.426 e. The minimum Gasteiger partial charge on any atom is -0.426 e. The molecule has 148 valence electrons. The Kier molecular flexibility index (Phi) is 5.49. The normalized spacial score (nSPS) is 14.8. The molecule has 3 aromatic rings. The lowest BCUT2D eigenvalue weighted by atomic mass is 9.96. The van der Waals surface area contributed by atoms with Gasteiger partial charge in [0.1, 0.15) is 11.6 Å². The van der Waals surface area contributed by atoms with Gasteiger partial charge in [-0.25, -0.2) is 4.39 Å². The van der Waals surface area contributed by atoms with Crippen molar-refractivity contribution in [2.24, 2.45) is 5.92 Å². The van der Waals surface area contributed by atoms with E-state index in [1.807, 2.05) is 24.3 Å². The SMILES string of the molecule is O=C(Oc1ccc(Cl)c2ccccc12)C1CCN(C(=O)c2ccc(F)cc2)CC1. The number of rotatable bonds is 3. The number of benzene rings is 3. The summed E-state index contributed by atoms with van der Waals surface area (Å²) in [6.45, 7) is 0.911. The highest BCUT2D eigenvalue weighted by atomic mass is 35.5. The van der Waals surface area contributed by atoms with E-state index < -0.39 is 0 Å². The molecule has 0 unspecified atom stereocenters. The van der Waals surface area contributed by atoms with Crippen LogP contribution in [-0.2, 0) is 4.79 Å². The van der Waals surface area contributed by atoms with E-state index in [0.29, 0.717) is 42.3 Å². The Balaban J connectivity index is 1.40. The van der Waals surface area contributed by atoms with Crippen molar-refractivity contribution in [1.29, 1.82) is 0 Å². The van der Waals surface area contributed by atoms with Crippen molar-refractivity contribution in [1.82, 2.24) is 4.90 Å². The second kappa shape index (κ2) is 8.21. The predicted octanol–water partition coefficient (Wildman–Crippen LogP) is 5.09. The number of halogens is 2. The van der Waals surface area contributed by atoms with E-state index >= 15 is 0 Å². The average Bonchev–Trinajstić information content (AvgIpc) is 2.76. The molecule has 0 bridgehead atoms. The van der Waals surface area contributed by atoms with E-state index in [4.69, 9.17) is 16.3 Å². The summed E-state index contributed by atoms with van der Waals surface area (Å²) in [5, 5.41) is 2.23. The van der Waals surface area contributed by atoms with Crippen LogP contribution in [0.15, 0.2) is 60.7 Å². The van der Waals surface area contributed by atoms with Crippen molar-refractivity contribution in [2.75, 3.05) is 13.1 Å². The van der Waals surface area contributed by atoms with Gasteiger partial charge in [0.2, 0.25) is 0 Å². The number of nitrogens with zero attached hydrogens (tertiary/aromatic N) is 1. The molecule has 0 aliphatic carbocycles. The van der Waals surface area contributed by atoms with Gasteiger partial charge in [-0.05, 0) is 49.2 Å². The second-order valence-corrected chi connectivity index (χ2v) is 7.49. The molecule has 4 rings (SSSR count). The van der Waals surface area contributed by atoms with Crippen LogP contribution in [0.1, 0.15) is 23.2 Å². The summed E-state index contributed by atoms with van der Waals surface area (Å²) in [5.41, 5.74) is 0.445. The van der Waals surface area contributed by atoms with Crippen molar-refractivity contribution in [3.63, 3.8) is 0 Å². The lowest BCUT2D eigenvalue weighted by Gasteiger charge is -2.31. The fourth-order valence-corrected chi connectivity index (χ4v) is 3.84. The van der Waals surface area contributed by atoms with Crippen LogP contribution in [0.4, 0.5) is 4.39 Å². The quantitative estimate of drug-likeness (QED) is 0.445. The predicted molar refractivity (Wildman–Crippen MR) is 110 cm³/mol. The van der Waals surface area contributed by atoms with E-state index in [-0.39, 0.29) is 23.6 Å². The third kappa shape index (κ3) is 4.10. The van der Waals surface area contributed by atoms with Gasteiger partial charge in [-0.3, -0.25) is 9.59 Å². The van der Waals surface area contributed by atoms with Crippen LogP contribution in [0.2, 0.25) is 5.02 Å². The first kappa shape index (κ1) is 19.4. The third-order valence-electron chi connectivity index (χ3n) is 5.25. The minimum absolute atomic E-state index is 0.152. The van der Waals surface area contributed by atoms with Crippen molar-refractivity contribution >= 4 is 34.2 Å². The Morgan fingerprint density at radius 2 is 1.59 bits per heavy atom. The molecule has 0 radical (unpaired) electrons. The summed E-state index contributed by atoms with van der Waals surface area (Å²) in [6.07, 6.45) is 1.05. The molecule has 3 aromatic carbocycles. The molecular weight excluding hydrogens is 393 g/mol. The molecule has 1 saturated heterocycles. The van der Waals surface area contributed by atoms with Gasteiger partial charge in [-0.15, -0.1) is 0 Å². The van der Waals surface area contributed by atoms with E-state index in [0.717, 1.165) is 10.8 Å². The molecule has 1 aliphatic rings. The summed E-state index contributed by atoms with van der Waals surface area (Å²) in [6, 6.07) is 16.4. The van der Waals surface area contributed by atoms with Gasteiger partial charge >= 0.3 is 5.97 Å². The van der Waals surface area contributed by atoms with E-state index in [1.165, 1.54) is 24.3 Å². The molecule has 0 atom stereocenters. The van der Waals surface area contributed by atoms with Gasteiger partial charge in [0.15, 0.2) is 0 Å². The Morgan fingerprint density at radius 1 is 0.931 bits per heavy atom. The van der Waals surface area contributed by atoms with Crippen LogP contribution < -0.4 is 4.74 Å². The first-order chi connectivity index (χ1) is 14.0. The summed E-state index contributed by atoms with van der Waals surface area (Å²) in [7, 11) is 0. The lowest BCUT2D eigenvalue weighted by Crippen LogP contribution is -2.41. The maximum absolute atomic E-state index is 13.0. The zero-order valence-corrected chi connectivity index (χ0v) is 16.4. The van der Waals surface area contributed by atoms with E-state index in [9.17, 15) is 14.0 Å². The molecule has 1 aliphatic heterocycles. The number of fused-ring (bicyclic) bond motifs is 1. The summed E-state index contributed by atoms with van der Waals surface area (Å²) in [4.78, 5) is 26.9. The molecule has 29 heavy (non-hydrogen) atoms. The molecule has 1 fully saturated rings. The van der Waals surface area contributed by atoms with Crippen LogP contribution in [0.25, 0.3) is 10.8 Å². The van der Waals surface area contributed by atoms with Crippen LogP contribution in [0.5, 0.6) is 5.75 Å². The topological polar surface area (TPSA) is 46.6 Å². The van der Waals surface area contributed by atoms with Gasteiger partial charge in [-0.1, -0.05) is 35.9 Å². The number of amides is 1. The van der Waals surface area contributed by atoms with Crippen molar-refractivity contribution in [3.05, 3.63) is 77.1 Å². The highest BCUT2D eigenvalue weighted by Crippen LogP contribution is 2.32. The summed E-state index contributed by atoms with van der Waals surface area (Å²) >= 11 is 6.22. The van der Waals surface area contributed by atoms with Crippen LogP contribution in [0, 0.1) is 11.7 Å². The number of carbonyl (C=O) groups excluding carboxylic acids is 2. The number of likely N-dealkylation sites (tertiary alicyclic amines) is 1. The standard InChI is InChI=1S/C23H19ClFNO3/c24-20-9-10-21(19-4-2-1-3-18(19)20)29-23(28)16-11-13-26(14-12-16)22(27)15-5-7-17(25)8-6-15/h1-10,16H,11-14H2. The molecule has 0 N–H and O–H groups in total. The maximum Gasteiger partial charge on any atom is 0.314 e. The van der Waals surface area contributed by atoms with Gasteiger partial charge < -0.3 is 9.64 Å². The zero-order chi connectivity index (χ0) is 20.4. The average molecular weight is 412 g/mol. The fourth-order valence-electron chi connectivity index (χ4n) is 3.61. The summed E-state index contributed by atoms with van der Waals surface area (Å²) in [5.74, 6) is -0.619. The smallest absolute Gasteiger partial charge is 0.314 e. The van der Waals surface area contributed by atoms with Crippen molar-refractivity contribution < 1.29 is 18.7 Å². The first-order valence-electron chi connectivity index (χ1n) is 9.47. The van der Waals surface area contributed by atoms with Crippen molar-refractivity contribution in [2.45, 2.75) is 12.8 Å². The maximum atomic E-state index is 13.0. The van der Waals surface area contributed by atoms with Gasteiger partial charge in [0.25, 0.3) is 5.91 Å². The third-order valence-corrected chi connectivity index (χ3v) is 5.58. The Labute approximate surface area is 172 Å². The molecule has 4 nitrogen and oxygen atoms in total. The highest BCUT2D eigenvalue weighted by Gasteiger charge is 2.29. The number of hydrogen-bond acceptors (Lipinski definition) is 3. The minimum atomic E-state index is -0.377. The summed E-state index contributed by atoms with van der Waals surface area (Å²) < 4.78 is 18.7. The van der Waals surface area contributed by atoms with Crippen molar-refractivity contribution in [3.8, 4) is 5.75 Å². The molecule has 0 spiro atoms. The highest BCUT2D eigenvalue weighted by molar-refractivity contribution is 6.35. The van der Waals surface area contributed by atoms with E-state index in [1.54, 1.807) is 17.0 Å². The molecule has 0 saturated carbocycles. The Morgan fingerprint density at radius 3 is 2.28 bits per heavy atom. The number of hydrogen-bond donors (Lipinski definition) is 0.